The molecule has 2 aromatic carbocycles. The first kappa shape index (κ1) is 23.7. The van der Waals surface area contributed by atoms with Gasteiger partial charge in [-0.1, -0.05) is 48.5 Å². The molecule has 170 valence electrons. The molecule has 0 spiro atoms. The summed E-state index contributed by atoms with van der Waals surface area (Å²) < 4.78 is 5.48. The molecule has 0 unspecified atom stereocenters. The van der Waals surface area contributed by atoms with Gasteiger partial charge in [-0.25, -0.2) is 4.79 Å². The molecule has 8 heteroatoms. The lowest BCUT2D eigenvalue weighted by molar-refractivity contribution is -0.137. The Kier molecular flexibility index (Phi) is 8.98. The standard InChI is InChI=1S/C24H28N2O5S/c27-22(25-12-6-5-11-23(28)29)16-32-14-13-26-24(30)31-15-21-19-9-3-1-7-17(19)18-8-2-4-10-20(18)21/h1-4,7-10,21H,5-6,11-16H2,(H,25,27)(H,26,30)(H,28,29). The number of hydrogen-bond acceptors (Lipinski definition) is 5. The second-order valence-electron chi connectivity index (χ2n) is 7.51. The summed E-state index contributed by atoms with van der Waals surface area (Å²) in [6.07, 6.45) is 0.848. The van der Waals surface area contributed by atoms with Gasteiger partial charge in [-0.05, 0) is 35.1 Å². The number of fused-ring (bicyclic) bond motifs is 3. The van der Waals surface area contributed by atoms with Gasteiger partial charge >= 0.3 is 12.1 Å². The van der Waals surface area contributed by atoms with Crippen LogP contribution in [0.1, 0.15) is 36.3 Å². The van der Waals surface area contributed by atoms with Crippen LogP contribution < -0.4 is 10.6 Å². The molecule has 0 heterocycles. The first-order chi connectivity index (χ1) is 15.6. The zero-order valence-electron chi connectivity index (χ0n) is 17.8. The number of nitrogens with one attached hydrogen (secondary N) is 2. The van der Waals surface area contributed by atoms with Gasteiger partial charge in [0.25, 0.3) is 0 Å². The largest absolute Gasteiger partial charge is 0.481 e. The van der Waals surface area contributed by atoms with E-state index >= 15 is 0 Å². The summed E-state index contributed by atoms with van der Waals surface area (Å²) in [5.41, 5.74) is 4.72. The summed E-state index contributed by atoms with van der Waals surface area (Å²) in [7, 11) is 0. The van der Waals surface area contributed by atoms with Gasteiger partial charge in [0, 0.05) is 31.2 Å². The van der Waals surface area contributed by atoms with E-state index in [0.29, 0.717) is 37.4 Å². The third kappa shape index (κ3) is 6.75. The van der Waals surface area contributed by atoms with Crippen LogP contribution in [0.5, 0.6) is 0 Å². The second kappa shape index (κ2) is 12.1. The van der Waals surface area contributed by atoms with E-state index in [9.17, 15) is 14.4 Å². The minimum absolute atomic E-state index is 0.0294. The third-order valence-corrected chi connectivity index (χ3v) is 6.19. The summed E-state index contributed by atoms with van der Waals surface area (Å²) >= 11 is 1.42. The molecule has 0 radical (unpaired) electrons. The Morgan fingerprint density at radius 2 is 1.56 bits per heavy atom. The molecule has 3 rings (SSSR count). The van der Waals surface area contributed by atoms with Crippen LogP contribution in [0.3, 0.4) is 0 Å². The number of rotatable bonds is 12. The summed E-state index contributed by atoms with van der Waals surface area (Å²) in [6.45, 7) is 1.16. The third-order valence-electron chi connectivity index (χ3n) is 5.23. The van der Waals surface area contributed by atoms with E-state index < -0.39 is 12.1 Å². The number of carboxylic acid groups (broad SMARTS) is 1. The van der Waals surface area contributed by atoms with Gasteiger partial charge < -0.3 is 20.5 Å². The van der Waals surface area contributed by atoms with Crippen LogP contribution in [-0.4, -0.2) is 54.3 Å². The Morgan fingerprint density at radius 3 is 2.22 bits per heavy atom. The minimum atomic E-state index is -0.823. The van der Waals surface area contributed by atoms with Gasteiger partial charge in [-0.2, -0.15) is 11.8 Å². The topological polar surface area (TPSA) is 105 Å². The van der Waals surface area contributed by atoms with E-state index in [2.05, 4.69) is 34.9 Å². The van der Waals surface area contributed by atoms with Crippen molar-refractivity contribution in [2.24, 2.45) is 0 Å². The lowest BCUT2D eigenvalue weighted by Crippen LogP contribution is -2.29. The Bertz CT molecular complexity index is 904. The van der Waals surface area contributed by atoms with E-state index in [1.807, 2.05) is 24.3 Å². The highest BCUT2D eigenvalue weighted by Crippen LogP contribution is 2.44. The SMILES string of the molecule is O=C(O)CCCCNC(=O)CSCCNC(=O)OCC1c2ccccc2-c2ccccc21. The van der Waals surface area contributed by atoms with Crippen molar-refractivity contribution in [3.8, 4) is 11.1 Å². The highest BCUT2D eigenvalue weighted by atomic mass is 32.2. The van der Waals surface area contributed by atoms with Gasteiger partial charge in [0.15, 0.2) is 0 Å². The molecule has 1 aliphatic rings. The molecule has 0 atom stereocenters. The van der Waals surface area contributed by atoms with Crippen LogP contribution in [0.2, 0.25) is 0 Å². The lowest BCUT2D eigenvalue weighted by atomic mass is 9.98. The van der Waals surface area contributed by atoms with Crippen LogP contribution in [0.15, 0.2) is 48.5 Å². The number of ether oxygens (including phenoxy) is 1. The maximum atomic E-state index is 12.1. The Labute approximate surface area is 191 Å². The highest BCUT2D eigenvalue weighted by molar-refractivity contribution is 7.99. The number of unbranched alkanes of at least 4 members (excludes halogenated alkanes) is 1. The number of alkyl carbamates (subject to hydrolysis) is 1. The van der Waals surface area contributed by atoms with Crippen molar-refractivity contribution in [3.63, 3.8) is 0 Å². The molecule has 0 aromatic heterocycles. The predicted octanol–water partition coefficient (Wildman–Crippen LogP) is 3.63. The van der Waals surface area contributed by atoms with E-state index in [0.717, 1.165) is 0 Å². The zero-order valence-corrected chi connectivity index (χ0v) is 18.7. The van der Waals surface area contributed by atoms with Gasteiger partial charge in [-0.3, -0.25) is 9.59 Å². The monoisotopic (exact) mass is 456 g/mol. The number of carbonyl (C=O) groups excluding carboxylic acids is 2. The van der Waals surface area contributed by atoms with Crippen LogP contribution in [0.4, 0.5) is 4.79 Å². The average molecular weight is 457 g/mol. The van der Waals surface area contributed by atoms with E-state index in [-0.39, 0.29) is 24.9 Å². The smallest absolute Gasteiger partial charge is 0.407 e. The number of aliphatic carboxylic acids is 1. The lowest BCUT2D eigenvalue weighted by Gasteiger charge is -2.14. The Balaban J connectivity index is 1.30. The fraction of sp³-hybridized carbons (Fsp3) is 0.375. The summed E-state index contributed by atoms with van der Waals surface area (Å²) in [6, 6.07) is 16.4. The van der Waals surface area contributed by atoms with Crippen molar-refractivity contribution in [2.45, 2.75) is 25.2 Å². The van der Waals surface area contributed by atoms with Crippen molar-refractivity contribution >= 4 is 29.7 Å². The maximum Gasteiger partial charge on any atom is 0.407 e. The van der Waals surface area contributed by atoms with Crippen LogP contribution in [0.25, 0.3) is 11.1 Å². The van der Waals surface area contributed by atoms with Crippen LogP contribution >= 0.6 is 11.8 Å². The summed E-state index contributed by atoms with van der Waals surface area (Å²) in [5, 5.41) is 14.1. The molecule has 32 heavy (non-hydrogen) atoms. The number of carbonyl (C=O) groups is 3. The Morgan fingerprint density at radius 1 is 0.906 bits per heavy atom. The molecule has 0 saturated carbocycles. The number of benzene rings is 2. The van der Waals surface area contributed by atoms with Crippen molar-refractivity contribution in [1.29, 1.82) is 0 Å². The molecule has 0 saturated heterocycles. The Hall–Kier alpha value is -3.00. The number of thioether (sulfide) groups is 1. The number of carboxylic acids is 1. The average Bonchev–Trinajstić information content (AvgIpc) is 3.11. The normalized spacial score (nSPS) is 12.0. The number of amides is 2. The van der Waals surface area contributed by atoms with E-state index in [1.54, 1.807) is 0 Å². The van der Waals surface area contributed by atoms with Gasteiger partial charge in [0.1, 0.15) is 6.61 Å². The quantitative estimate of drug-likeness (QED) is 0.421. The van der Waals surface area contributed by atoms with E-state index in [4.69, 9.17) is 9.84 Å². The fourth-order valence-electron chi connectivity index (χ4n) is 3.72. The molecule has 1 aliphatic carbocycles. The maximum absolute atomic E-state index is 12.1. The summed E-state index contributed by atoms with van der Waals surface area (Å²) in [4.78, 5) is 34.3. The van der Waals surface area contributed by atoms with Crippen LogP contribution in [0, 0.1) is 0 Å². The first-order valence-electron chi connectivity index (χ1n) is 10.7. The molecule has 7 nitrogen and oxygen atoms in total. The second-order valence-corrected chi connectivity index (χ2v) is 8.61. The fourth-order valence-corrected chi connectivity index (χ4v) is 4.40. The van der Waals surface area contributed by atoms with Gasteiger partial charge in [-0.15, -0.1) is 0 Å². The van der Waals surface area contributed by atoms with Crippen molar-refractivity contribution in [3.05, 3.63) is 59.7 Å². The molecule has 3 N–H and O–H groups in total. The van der Waals surface area contributed by atoms with Crippen molar-refractivity contribution in [1.82, 2.24) is 10.6 Å². The highest BCUT2D eigenvalue weighted by Gasteiger charge is 2.28. The predicted molar refractivity (Wildman–Crippen MR) is 125 cm³/mol. The van der Waals surface area contributed by atoms with E-state index in [1.165, 1.54) is 34.0 Å². The zero-order chi connectivity index (χ0) is 22.8. The minimum Gasteiger partial charge on any atom is -0.481 e. The van der Waals surface area contributed by atoms with Crippen molar-refractivity contribution < 1.29 is 24.2 Å². The van der Waals surface area contributed by atoms with Crippen LogP contribution in [-0.2, 0) is 14.3 Å². The molecule has 2 aromatic rings. The number of hydrogen-bond donors (Lipinski definition) is 3. The molecule has 0 aliphatic heterocycles. The van der Waals surface area contributed by atoms with Gasteiger partial charge in [0.05, 0.1) is 5.75 Å². The molecular weight excluding hydrogens is 428 g/mol. The molecule has 2 amide bonds. The molecule has 0 bridgehead atoms. The van der Waals surface area contributed by atoms with Gasteiger partial charge in [0.2, 0.25) is 5.91 Å². The molecular formula is C24H28N2O5S. The first-order valence-corrected chi connectivity index (χ1v) is 11.9. The molecule has 0 fully saturated rings. The summed E-state index contributed by atoms with van der Waals surface area (Å²) in [5.74, 6) is 0.00559. The van der Waals surface area contributed by atoms with Crippen molar-refractivity contribution in [2.75, 3.05) is 31.2 Å².